The zero-order valence-corrected chi connectivity index (χ0v) is 17.1. The molecule has 2 unspecified atom stereocenters. The molecule has 0 saturated heterocycles. The van der Waals surface area contributed by atoms with Gasteiger partial charge in [0.15, 0.2) is 5.17 Å². The van der Waals surface area contributed by atoms with Crippen molar-refractivity contribution in [3.8, 4) is 0 Å². The third-order valence-electron chi connectivity index (χ3n) is 4.00. The van der Waals surface area contributed by atoms with E-state index in [4.69, 9.17) is 5.73 Å². The summed E-state index contributed by atoms with van der Waals surface area (Å²) in [6.07, 6.45) is 8.70. The summed E-state index contributed by atoms with van der Waals surface area (Å²) in [5.74, 6) is 0.835. The maximum atomic E-state index is 9.77. The van der Waals surface area contributed by atoms with Crippen LogP contribution in [0.15, 0.2) is 39.0 Å². The van der Waals surface area contributed by atoms with Crippen LogP contribution in [0.3, 0.4) is 0 Å². The number of rotatable bonds is 5. The molecule has 0 radical (unpaired) electrons. The largest absolute Gasteiger partial charge is 0.389 e. The number of amidine groups is 1. The molecule has 1 aliphatic carbocycles. The monoisotopic (exact) mass is 369 g/mol. The number of nitrogens with zero attached hydrogens (tertiary/aromatic N) is 1. The van der Waals surface area contributed by atoms with Gasteiger partial charge in [-0.3, -0.25) is 0 Å². The Hall–Kier alpha value is -0.850. The Morgan fingerprint density at radius 2 is 2.17 bits per heavy atom. The predicted octanol–water partition coefficient (Wildman–Crippen LogP) is 4.00. The highest BCUT2D eigenvalue weighted by Gasteiger charge is 2.19. The van der Waals surface area contributed by atoms with Crippen LogP contribution in [0.2, 0.25) is 0 Å². The van der Waals surface area contributed by atoms with Crippen molar-refractivity contribution in [2.24, 2.45) is 10.7 Å². The van der Waals surface area contributed by atoms with E-state index in [1.54, 1.807) is 30.4 Å². The van der Waals surface area contributed by atoms with Crippen LogP contribution in [0.1, 0.15) is 47.0 Å². The van der Waals surface area contributed by atoms with Gasteiger partial charge in [-0.2, -0.15) is 0 Å². The highest BCUT2D eigenvalue weighted by atomic mass is 32.2. The van der Waals surface area contributed by atoms with Crippen LogP contribution in [0.25, 0.3) is 0 Å². The fraction of sp³-hybridized carbons (Fsp3) is 0.611. The molecular formula is C18H31N3OS2. The zero-order chi connectivity index (χ0) is 18.1. The summed E-state index contributed by atoms with van der Waals surface area (Å²) in [5, 5.41) is 13.7. The minimum Gasteiger partial charge on any atom is -0.389 e. The van der Waals surface area contributed by atoms with Gasteiger partial charge >= 0.3 is 0 Å². The first-order valence-electron chi connectivity index (χ1n) is 8.59. The van der Waals surface area contributed by atoms with E-state index < -0.39 is 6.10 Å². The van der Waals surface area contributed by atoms with E-state index in [0.717, 1.165) is 36.3 Å². The summed E-state index contributed by atoms with van der Waals surface area (Å²) in [5.41, 5.74) is 9.48. The molecule has 136 valence electrons. The highest BCUT2D eigenvalue weighted by molar-refractivity contribution is 8.14. The molecule has 1 aliphatic heterocycles. The Balaban J connectivity index is 0.00000139. The minimum absolute atomic E-state index is 0.325. The number of hydrogen-bond donors (Lipinski definition) is 3. The van der Waals surface area contributed by atoms with Crippen LogP contribution in [-0.2, 0) is 0 Å². The lowest BCUT2D eigenvalue weighted by Crippen LogP contribution is -2.28. The number of thioether (sulfide) groups is 2. The number of allylic oxidation sites excluding steroid dienone is 2. The van der Waals surface area contributed by atoms with Gasteiger partial charge in [-0.1, -0.05) is 25.6 Å². The lowest BCUT2D eigenvalue weighted by molar-refractivity contribution is 0.227. The molecule has 0 spiro atoms. The number of dihydropyridines is 1. The van der Waals surface area contributed by atoms with Crippen LogP contribution < -0.4 is 11.1 Å². The zero-order valence-electron chi connectivity index (χ0n) is 15.4. The van der Waals surface area contributed by atoms with Crippen LogP contribution in [-0.4, -0.2) is 34.4 Å². The third kappa shape index (κ3) is 5.90. The molecule has 0 aromatic carbocycles. The molecule has 0 fully saturated rings. The molecular weight excluding hydrogens is 338 g/mol. The molecule has 6 heteroatoms. The van der Waals surface area contributed by atoms with Crippen molar-refractivity contribution in [1.29, 1.82) is 0 Å². The fourth-order valence-electron chi connectivity index (χ4n) is 2.73. The summed E-state index contributed by atoms with van der Waals surface area (Å²) in [6.45, 7) is 7.96. The molecule has 0 bridgehead atoms. The van der Waals surface area contributed by atoms with Gasteiger partial charge in [0.1, 0.15) is 0 Å². The highest BCUT2D eigenvalue weighted by Crippen LogP contribution is 2.31. The molecule has 0 saturated carbocycles. The molecule has 2 atom stereocenters. The van der Waals surface area contributed by atoms with Crippen molar-refractivity contribution >= 4 is 28.7 Å². The second kappa shape index (κ2) is 10.9. The molecule has 4 nitrogen and oxygen atoms in total. The van der Waals surface area contributed by atoms with E-state index in [1.807, 2.05) is 20.0 Å². The Bertz CT molecular complexity index is 536. The standard InChI is InChI=1S/C16H25N3OS2.C2H6/c1-10-13(15(21-3)7-8-18-10)9-22-16(17)19-14-6-4-5-12(14)11(2)20;1-2/h7-8,10-11,18,20H,4-6,9H2,1-3H3,(H2,17,19);1-2H3. The van der Waals surface area contributed by atoms with Gasteiger partial charge in [0, 0.05) is 22.4 Å². The van der Waals surface area contributed by atoms with E-state index in [-0.39, 0.29) is 0 Å². The number of hydrogen-bond acceptors (Lipinski definition) is 5. The number of aliphatic hydroxyl groups excluding tert-OH is 1. The Morgan fingerprint density at radius 3 is 2.79 bits per heavy atom. The van der Waals surface area contributed by atoms with E-state index in [2.05, 4.69) is 29.6 Å². The van der Waals surface area contributed by atoms with Crippen LogP contribution in [0.5, 0.6) is 0 Å². The number of aliphatic imine (C=N–C) groups is 1. The number of nitrogens with two attached hydrogens (primary N) is 1. The topological polar surface area (TPSA) is 70.6 Å². The van der Waals surface area contributed by atoms with Crippen molar-refractivity contribution in [1.82, 2.24) is 5.32 Å². The quantitative estimate of drug-likeness (QED) is 0.505. The Morgan fingerprint density at radius 1 is 1.46 bits per heavy atom. The summed E-state index contributed by atoms with van der Waals surface area (Å²) in [7, 11) is 0. The third-order valence-corrected chi connectivity index (χ3v) is 5.68. The van der Waals surface area contributed by atoms with Gasteiger partial charge in [0.25, 0.3) is 0 Å². The minimum atomic E-state index is -0.419. The van der Waals surface area contributed by atoms with Gasteiger partial charge in [-0.05, 0) is 62.8 Å². The van der Waals surface area contributed by atoms with Gasteiger partial charge in [-0.15, -0.1) is 11.8 Å². The van der Waals surface area contributed by atoms with Crippen molar-refractivity contribution in [3.05, 3.63) is 34.0 Å². The van der Waals surface area contributed by atoms with Crippen molar-refractivity contribution in [2.75, 3.05) is 12.0 Å². The van der Waals surface area contributed by atoms with Crippen molar-refractivity contribution in [2.45, 2.75) is 59.1 Å². The molecule has 2 rings (SSSR count). The fourth-order valence-corrected chi connectivity index (χ4v) is 4.42. The second-order valence-electron chi connectivity index (χ2n) is 5.56. The lowest BCUT2D eigenvalue weighted by Gasteiger charge is -2.22. The number of nitrogens with one attached hydrogen (secondary N) is 1. The molecule has 0 amide bonds. The lowest BCUT2D eigenvalue weighted by atomic mass is 10.1. The SMILES string of the molecule is CC.CSC1=C(CSC(N)=NC2=C(C(C)O)CCC2)C(C)NC=C1. The van der Waals surface area contributed by atoms with E-state index in [0.29, 0.717) is 11.2 Å². The van der Waals surface area contributed by atoms with Crippen molar-refractivity contribution in [3.63, 3.8) is 0 Å². The average molecular weight is 370 g/mol. The summed E-state index contributed by atoms with van der Waals surface area (Å²) in [4.78, 5) is 5.85. The first-order valence-corrected chi connectivity index (χ1v) is 10.8. The van der Waals surface area contributed by atoms with Gasteiger partial charge in [0.2, 0.25) is 0 Å². The average Bonchev–Trinajstić information content (AvgIpc) is 3.03. The van der Waals surface area contributed by atoms with E-state index in [9.17, 15) is 5.11 Å². The Kier molecular flexibility index (Phi) is 9.63. The number of aliphatic hydroxyl groups is 1. The normalized spacial score (nSPS) is 22.2. The van der Waals surface area contributed by atoms with Crippen molar-refractivity contribution < 1.29 is 5.11 Å². The Labute approximate surface area is 155 Å². The van der Waals surface area contributed by atoms with E-state index in [1.165, 1.54) is 10.5 Å². The molecule has 0 aromatic rings. The second-order valence-corrected chi connectivity index (χ2v) is 7.40. The van der Waals surface area contributed by atoms with Crippen LogP contribution in [0, 0.1) is 0 Å². The van der Waals surface area contributed by atoms with Crippen LogP contribution in [0.4, 0.5) is 0 Å². The molecule has 24 heavy (non-hydrogen) atoms. The predicted molar refractivity (Wildman–Crippen MR) is 110 cm³/mol. The van der Waals surface area contributed by atoms with Crippen LogP contribution >= 0.6 is 23.5 Å². The summed E-state index contributed by atoms with van der Waals surface area (Å²) < 4.78 is 0. The maximum absolute atomic E-state index is 9.77. The smallest absolute Gasteiger partial charge is 0.159 e. The molecule has 4 N–H and O–H groups in total. The first-order chi connectivity index (χ1) is 11.5. The van der Waals surface area contributed by atoms with Gasteiger partial charge in [0.05, 0.1) is 6.10 Å². The molecule has 2 aliphatic rings. The van der Waals surface area contributed by atoms with E-state index >= 15 is 0 Å². The molecule has 0 aromatic heterocycles. The summed E-state index contributed by atoms with van der Waals surface area (Å²) >= 11 is 3.34. The first kappa shape index (κ1) is 21.2. The maximum Gasteiger partial charge on any atom is 0.159 e. The molecule has 1 heterocycles. The van der Waals surface area contributed by atoms with Gasteiger partial charge in [-0.25, -0.2) is 4.99 Å². The summed E-state index contributed by atoms with van der Waals surface area (Å²) in [6, 6.07) is 0.325. The van der Waals surface area contributed by atoms with Gasteiger partial charge < -0.3 is 16.2 Å².